The number of rotatable bonds is 7. The number of aliphatic hydroxyl groups excluding tert-OH is 1. The van der Waals surface area contributed by atoms with Crippen molar-refractivity contribution in [2.75, 3.05) is 17.7 Å². The summed E-state index contributed by atoms with van der Waals surface area (Å²) in [6.45, 7) is 2.33. The average molecular weight is 441 g/mol. The summed E-state index contributed by atoms with van der Waals surface area (Å²) in [6, 6.07) is 13.1. The van der Waals surface area contributed by atoms with Crippen molar-refractivity contribution in [1.82, 2.24) is 14.5 Å². The number of benzene rings is 2. The molecule has 4 aromatic rings. The van der Waals surface area contributed by atoms with Gasteiger partial charge in [-0.3, -0.25) is 14.2 Å². The first-order valence-corrected chi connectivity index (χ1v) is 11.3. The minimum absolute atomic E-state index is 0.0268. The molecule has 30 heavy (non-hydrogen) atoms. The number of hydrogen-bond donors (Lipinski definition) is 2. The van der Waals surface area contributed by atoms with E-state index < -0.39 is 0 Å². The largest absolute Gasteiger partial charge is 0.396 e. The molecule has 154 valence electrons. The maximum atomic E-state index is 12.8. The zero-order valence-electron chi connectivity index (χ0n) is 16.3. The van der Waals surface area contributed by atoms with Crippen LogP contribution in [-0.4, -0.2) is 37.9 Å². The lowest BCUT2D eigenvalue weighted by Gasteiger charge is -2.12. The van der Waals surface area contributed by atoms with Crippen LogP contribution in [0.1, 0.15) is 12.0 Å². The number of carbonyl (C=O) groups is 1. The first kappa shape index (κ1) is 20.5. The van der Waals surface area contributed by atoms with Gasteiger partial charge in [-0.15, -0.1) is 0 Å². The van der Waals surface area contributed by atoms with Crippen LogP contribution in [0.15, 0.2) is 52.4 Å². The van der Waals surface area contributed by atoms with Gasteiger partial charge in [0.15, 0.2) is 10.3 Å². The smallest absolute Gasteiger partial charge is 0.262 e. The highest BCUT2D eigenvalue weighted by Crippen LogP contribution is 2.27. The van der Waals surface area contributed by atoms with E-state index in [9.17, 15) is 9.59 Å². The Morgan fingerprint density at radius 1 is 1.20 bits per heavy atom. The van der Waals surface area contributed by atoms with E-state index in [2.05, 4.69) is 15.3 Å². The Morgan fingerprint density at radius 2 is 2.03 bits per heavy atom. The third-order valence-electron chi connectivity index (χ3n) is 4.49. The summed E-state index contributed by atoms with van der Waals surface area (Å²) in [5, 5.41) is 13.5. The van der Waals surface area contributed by atoms with E-state index in [1.165, 1.54) is 27.7 Å². The number of nitrogens with zero attached hydrogens (tertiary/aromatic N) is 3. The van der Waals surface area contributed by atoms with E-state index in [1.807, 2.05) is 31.2 Å². The molecular formula is C21H20N4O3S2. The molecule has 7 nitrogen and oxygen atoms in total. The Morgan fingerprint density at radius 3 is 2.87 bits per heavy atom. The van der Waals surface area contributed by atoms with E-state index >= 15 is 0 Å². The van der Waals surface area contributed by atoms with Crippen molar-refractivity contribution in [3.63, 3.8) is 0 Å². The van der Waals surface area contributed by atoms with E-state index in [0.717, 1.165) is 15.8 Å². The molecule has 0 fully saturated rings. The molecule has 0 saturated heterocycles. The topological polar surface area (TPSA) is 97.1 Å². The fraction of sp³-hybridized carbons (Fsp3) is 0.238. The number of thioether (sulfide) groups is 1. The number of aryl methyl sites for hydroxylation is 1. The van der Waals surface area contributed by atoms with Gasteiger partial charge in [0.1, 0.15) is 0 Å². The molecule has 0 atom stereocenters. The second-order valence-electron chi connectivity index (χ2n) is 6.77. The molecule has 0 aliphatic rings. The van der Waals surface area contributed by atoms with Crippen molar-refractivity contribution in [2.24, 2.45) is 0 Å². The Kier molecular flexibility index (Phi) is 6.12. The lowest BCUT2D eigenvalue weighted by molar-refractivity contribution is -0.113. The zero-order chi connectivity index (χ0) is 21.1. The van der Waals surface area contributed by atoms with Crippen molar-refractivity contribution >= 4 is 55.3 Å². The molecule has 0 aliphatic carbocycles. The van der Waals surface area contributed by atoms with Gasteiger partial charge < -0.3 is 10.4 Å². The Balaban J connectivity index is 1.52. The molecule has 9 heteroatoms. The quantitative estimate of drug-likeness (QED) is 0.338. The third-order valence-corrected chi connectivity index (χ3v) is 6.40. The summed E-state index contributed by atoms with van der Waals surface area (Å²) in [5.74, 6) is -0.120. The van der Waals surface area contributed by atoms with Crippen LogP contribution < -0.4 is 10.9 Å². The monoisotopic (exact) mass is 440 g/mol. The number of hydrogen-bond acceptors (Lipinski definition) is 7. The summed E-state index contributed by atoms with van der Waals surface area (Å²) < 4.78 is 2.55. The lowest BCUT2D eigenvalue weighted by Crippen LogP contribution is -2.24. The third kappa shape index (κ3) is 4.38. The number of thiazole rings is 1. The fourth-order valence-corrected chi connectivity index (χ4v) is 4.86. The minimum Gasteiger partial charge on any atom is -0.396 e. The molecule has 2 aromatic carbocycles. The van der Waals surface area contributed by atoms with Crippen LogP contribution in [0, 0.1) is 6.92 Å². The molecule has 0 bridgehead atoms. The Labute approximate surface area is 180 Å². The van der Waals surface area contributed by atoms with Crippen molar-refractivity contribution in [3.8, 4) is 0 Å². The number of aliphatic hydroxyl groups is 1. The molecule has 2 heterocycles. The maximum Gasteiger partial charge on any atom is 0.262 e. The van der Waals surface area contributed by atoms with Crippen molar-refractivity contribution in [3.05, 3.63) is 58.4 Å². The van der Waals surface area contributed by atoms with Crippen molar-refractivity contribution in [2.45, 2.75) is 25.0 Å². The molecule has 0 radical (unpaired) electrons. The highest BCUT2D eigenvalue weighted by Gasteiger charge is 2.14. The molecule has 2 aromatic heterocycles. The number of aromatic nitrogens is 3. The van der Waals surface area contributed by atoms with Gasteiger partial charge in [0.05, 0.1) is 26.9 Å². The number of carbonyl (C=O) groups excluding carboxylic acids is 1. The van der Waals surface area contributed by atoms with Crippen molar-refractivity contribution in [1.29, 1.82) is 0 Å². The van der Waals surface area contributed by atoms with Crippen molar-refractivity contribution < 1.29 is 9.90 Å². The summed E-state index contributed by atoms with van der Waals surface area (Å²) >= 11 is 2.63. The molecule has 0 spiro atoms. The highest BCUT2D eigenvalue weighted by molar-refractivity contribution is 7.99. The van der Waals surface area contributed by atoms with Gasteiger partial charge in [-0.2, -0.15) is 0 Å². The molecule has 4 rings (SSSR count). The Hall–Kier alpha value is -2.75. The van der Waals surface area contributed by atoms with E-state index in [1.54, 1.807) is 18.2 Å². The van der Waals surface area contributed by atoms with Crippen LogP contribution in [0.3, 0.4) is 0 Å². The minimum atomic E-state index is -0.216. The number of nitrogens with one attached hydrogen (secondary N) is 1. The van der Waals surface area contributed by atoms with Crippen LogP contribution in [0.2, 0.25) is 0 Å². The maximum absolute atomic E-state index is 12.8. The summed E-state index contributed by atoms with van der Waals surface area (Å²) in [4.78, 5) is 34.3. The normalized spacial score (nSPS) is 11.3. The van der Waals surface area contributed by atoms with Gasteiger partial charge in [-0.25, -0.2) is 9.97 Å². The first-order chi connectivity index (χ1) is 14.5. The predicted octanol–water partition coefficient (Wildman–Crippen LogP) is 3.43. The molecule has 1 amide bonds. The highest BCUT2D eigenvalue weighted by atomic mass is 32.2. The second-order valence-corrected chi connectivity index (χ2v) is 8.75. The Bertz CT molecular complexity index is 1280. The van der Waals surface area contributed by atoms with E-state index in [4.69, 9.17) is 5.11 Å². The van der Waals surface area contributed by atoms with Crippen LogP contribution >= 0.6 is 23.1 Å². The molecule has 0 aliphatic heterocycles. The predicted molar refractivity (Wildman–Crippen MR) is 121 cm³/mol. The fourth-order valence-electron chi connectivity index (χ4n) is 3.05. The molecule has 0 saturated carbocycles. The summed E-state index contributed by atoms with van der Waals surface area (Å²) in [6.07, 6.45) is 0.435. The first-order valence-electron chi connectivity index (χ1n) is 9.45. The van der Waals surface area contributed by atoms with Gasteiger partial charge in [0, 0.05) is 13.2 Å². The molecular weight excluding hydrogens is 420 g/mol. The van der Waals surface area contributed by atoms with Gasteiger partial charge in [-0.1, -0.05) is 41.3 Å². The number of anilines is 1. The molecule has 0 unspecified atom stereocenters. The number of fused-ring (bicyclic) bond motifs is 2. The van der Waals surface area contributed by atoms with Gasteiger partial charge in [-0.05, 0) is 43.2 Å². The number of amides is 1. The van der Waals surface area contributed by atoms with Gasteiger partial charge >= 0.3 is 0 Å². The molecule has 2 N–H and O–H groups in total. The SMILES string of the molecule is Cc1ccc2nc(NC(=O)CSc3nc4ccccc4c(=O)n3CCCO)sc2c1. The van der Waals surface area contributed by atoms with E-state index in [-0.39, 0.29) is 23.8 Å². The summed E-state index contributed by atoms with van der Waals surface area (Å²) in [5.41, 5.74) is 2.41. The van der Waals surface area contributed by atoms with Crippen LogP contribution in [0.25, 0.3) is 21.1 Å². The second kappa shape index (κ2) is 8.95. The standard InChI is InChI=1S/C21H20N4O3S2/c1-13-7-8-16-17(11-13)30-20(22-16)24-18(27)12-29-21-23-15-6-3-2-5-14(15)19(28)25(21)9-4-10-26/h2-3,5-8,11,26H,4,9-10,12H2,1H3,(H,22,24,27). The lowest BCUT2D eigenvalue weighted by atomic mass is 10.2. The van der Waals surface area contributed by atoms with Crippen LogP contribution in [-0.2, 0) is 11.3 Å². The van der Waals surface area contributed by atoms with Crippen LogP contribution in [0.5, 0.6) is 0 Å². The summed E-state index contributed by atoms with van der Waals surface area (Å²) in [7, 11) is 0. The van der Waals surface area contributed by atoms with Gasteiger partial charge in [0.2, 0.25) is 5.91 Å². The zero-order valence-corrected chi connectivity index (χ0v) is 17.9. The van der Waals surface area contributed by atoms with Gasteiger partial charge in [0.25, 0.3) is 5.56 Å². The number of para-hydroxylation sites is 1. The average Bonchev–Trinajstić information content (AvgIpc) is 3.13. The van der Waals surface area contributed by atoms with Crippen LogP contribution in [0.4, 0.5) is 5.13 Å². The van der Waals surface area contributed by atoms with E-state index in [0.29, 0.717) is 34.2 Å².